The molecule has 0 bridgehead atoms. The van der Waals surface area contributed by atoms with Crippen molar-refractivity contribution in [2.45, 2.75) is 65.1 Å². The Morgan fingerprint density at radius 3 is 2.19 bits per heavy atom. The molecule has 0 spiro atoms. The predicted molar refractivity (Wildman–Crippen MR) is 148 cm³/mol. The molecule has 190 valence electrons. The topological polar surface area (TPSA) is 49.4 Å². The minimum atomic E-state index is -0.705. The Kier molecular flexibility index (Phi) is 9.58. The molecule has 3 aromatic carbocycles. The molecule has 1 atom stereocenters. The van der Waals surface area contributed by atoms with Crippen molar-refractivity contribution in [2.24, 2.45) is 0 Å². The van der Waals surface area contributed by atoms with Crippen LogP contribution in [0, 0.1) is 6.92 Å². The maximum Gasteiger partial charge on any atom is 0.243 e. The van der Waals surface area contributed by atoms with Gasteiger partial charge in [0.25, 0.3) is 0 Å². The third-order valence-electron chi connectivity index (χ3n) is 5.87. The number of nitrogens with zero attached hydrogens (tertiary/aromatic N) is 1. The van der Waals surface area contributed by atoms with Gasteiger partial charge in [-0.15, -0.1) is 0 Å². The largest absolute Gasteiger partial charge is 0.350 e. The number of rotatable bonds is 9. The first-order valence-corrected chi connectivity index (χ1v) is 12.9. The molecule has 0 aliphatic rings. The first-order valence-electron chi connectivity index (χ1n) is 12.2. The van der Waals surface area contributed by atoms with Crippen molar-refractivity contribution >= 4 is 35.0 Å². The van der Waals surface area contributed by atoms with E-state index in [2.05, 4.69) is 5.32 Å². The summed E-state index contributed by atoms with van der Waals surface area (Å²) in [4.78, 5) is 29.0. The molecule has 0 saturated carbocycles. The van der Waals surface area contributed by atoms with Crippen LogP contribution in [0.4, 0.5) is 0 Å². The fraction of sp³-hybridized carbons (Fsp3) is 0.333. The summed E-state index contributed by atoms with van der Waals surface area (Å²) in [6, 6.07) is 22.4. The summed E-state index contributed by atoms with van der Waals surface area (Å²) in [5, 5.41) is 4.06. The molecule has 1 N–H and O–H groups in total. The minimum Gasteiger partial charge on any atom is -0.350 e. The van der Waals surface area contributed by atoms with Crippen LogP contribution in [-0.2, 0) is 29.0 Å². The number of hydrogen-bond donors (Lipinski definition) is 1. The zero-order chi connectivity index (χ0) is 26.3. The average Bonchev–Trinajstić information content (AvgIpc) is 2.81. The lowest BCUT2D eigenvalue weighted by Gasteiger charge is -2.34. The summed E-state index contributed by atoms with van der Waals surface area (Å²) in [6.07, 6.45) is 1.26. The third-order valence-corrected chi connectivity index (χ3v) is 6.46. The molecule has 1 unspecified atom stereocenters. The van der Waals surface area contributed by atoms with Gasteiger partial charge in [0.05, 0.1) is 0 Å². The number of aryl methyl sites for hydroxylation is 2. The van der Waals surface area contributed by atoms with E-state index in [0.29, 0.717) is 22.9 Å². The highest BCUT2D eigenvalue weighted by Gasteiger charge is 2.32. The summed E-state index contributed by atoms with van der Waals surface area (Å²) in [5.41, 5.74) is 3.53. The average molecular weight is 526 g/mol. The van der Waals surface area contributed by atoms with Gasteiger partial charge in [-0.25, -0.2) is 0 Å². The zero-order valence-corrected chi connectivity index (χ0v) is 22.9. The molecule has 0 heterocycles. The van der Waals surface area contributed by atoms with Crippen molar-refractivity contribution in [1.82, 2.24) is 10.2 Å². The number of halogens is 2. The molecular weight excluding hydrogens is 491 g/mol. The van der Waals surface area contributed by atoms with Crippen molar-refractivity contribution in [3.8, 4) is 0 Å². The second kappa shape index (κ2) is 12.4. The van der Waals surface area contributed by atoms with Crippen LogP contribution in [0.5, 0.6) is 0 Å². The summed E-state index contributed by atoms with van der Waals surface area (Å²) in [6.45, 7) is 8.05. The standard InChI is InChI=1S/C30H34Cl2N2O2/c1-21-10-12-22(13-11-21)14-17-28(35)34(20-24-15-16-25(31)19-26(24)32)27(29(36)33-30(2,3)4)18-23-8-6-5-7-9-23/h5-13,15-16,19,27H,14,17-18,20H2,1-4H3,(H,33,36). The molecule has 0 fully saturated rings. The lowest BCUT2D eigenvalue weighted by Crippen LogP contribution is -2.54. The molecule has 0 aromatic heterocycles. The van der Waals surface area contributed by atoms with E-state index in [1.165, 1.54) is 5.56 Å². The van der Waals surface area contributed by atoms with Crippen molar-refractivity contribution in [2.75, 3.05) is 0 Å². The second-order valence-electron chi connectivity index (χ2n) is 10.2. The molecule has 3 aromatic rings. The van der Waals surface area contributed by atoms with Crippen molar-refractivity contribution in [3.05, 3.63) is 105 Å². The van der Waals surface area contributed by atoms with E-state index in [1.54, 1.807) is 17.0 Å². The van der Waals surface area contributed by atoms with Gasteiger partial charge in [-0.3, -0.25) is 9.59 Å². The Labute approximate surface area is 224 Å². The molecular formula is C30H34Cl2N2O2. The predicted octanol–water partition coefficient (Wildman–Crippen LogP) is 6.79. The Morgan fingerprint density at radius 1 is 0.917 bits per heavy atom. The number of amides is 2. The van der Waals surface area contributed by atoms with Gasteiger partial charge < -0.3 is 10.2 Å². The van der Waals surface area contributed by atoms with Crippen molar-refractivity contribution in [3.63, 3.8) is 0 Å². The van der Waals surface area contributed by atoms with E-state index in [0.717, 1.165) is 16.7 Å². The summed E-state index contributed by atoms with van der Waals surface area (Å²) < 4.78 is 0. The Balaban J connectivity index is 1.95. The molecule has 2 amide bonds. The SMILES string of the molecule is Cc1ccc(CCC(=O)N(Cc2ccc(Cl)cc2Cl)C(Cc2ccccc2)C(=O)NC(C)(C)C)cc1. The number of nitrogens with one attached hydrogen (secondary N) is 1. The van der Waals surface area contributed by atoms with Gasteiger partial charge >= 0.3 is 0 Å². The van der Waals surface area contributed by atoms with E-state index in [9.17, 15) is 9.59 Å². The molecule has 6 heteroatoms. The second-order valence-corrected chi connectivity index (χ2v) is 11.0. The van der Waals surface area contributed by atoms with Crippen LogP contribution in [0.15, 0.2) is 72.8 Å². The Bertz CT molecular complexity index is 1170. The summed E-state index contributed by atoms with van der Waals surface area (Å²) in [7, 11) is 0. The van der Waals surface area contributed by atoms with Crippen LogP contribution in [0.25, 0.3) is 0 Å². The molecule has 4 nitrogen and oxygen atoms in total. The third kappa shape index (κ3) is 8.39. The van der Waals surface area contributed by atoms with Gasteiger partial charge in [0.2, 0.25) is 11.8 Å². The van der Waals surface area contributed by atoms with Crippen molar-refractivity contribution in [1.29, 1.82) is 0 Å². The van der Waals surface area contributed by atoms with Gasteiger partial charge in [0, 0.05) is 35.0 Å². The Morgan fingerprint density at radius 2 is 1.58 bits per heavy atom. The number of carbonyl (C=O) groups excluding carboxylic acids is 2. The zero-order valence-electron chi connectivity index (χ0n) is 21.4. The van der Waals surface area contributed by atoms with E-state index in [-0.39, 0.29) is 24.8 Å². The van der Waals surface area contributed by atoms with Gasteiger partial charge in [0.15, 0.2) is 0 Å². The first-order chi connectivity index (χ1) is 17.0. The van der Waals surface area contributed by atoms with Gasteiger partial charge in [-0.1, -0.05) is 89.4 Å². The van der Waals surface area contributed by atoms with Crippen LogP contribution in [-0.4, -0.2) is 28.3 Å². The number of hydrogen-bond acceptors (Lipinski definition) is 2. The van der Waals surface area contributed by atoms with Gasteiger partial charge in [-0.2, -0.15) is 0 Å². The van der Waals surface area contributed by atoms with Crippen molar-refractivity contribution < 1.29 is 9.59 Å². The van der Waals surface area contributed by atoms with Crippen LogP contribution in [0.2, 0.25) is 10.0 Å². The molecule has 0 saturated heterocycles. The summed E-state index contributed by atoms with van der Waals surface area (Å²) in [5.74, 6) is -0.299. The maximum atomic E-state index is 13.7. The lowest BCUT2D eigenvalue weighted by molar-refractivity contribution is -0.141. The maximum absolute atomic E-state index is 13.7. The number of carbonyl (C=O) groups is 2. The first kappa shape index (κ1) is 27.8. The smallest absolute Gasteiger partial charge is 0.243 e. The lowest BCUT2D eigenvalue weighted by atomic mass is 9.99. The number of benzene rings is 3. The van der Waals surface area contributed by atoms with E-state index in [1.807, 2.05) is 88.4 Å². The fourth-order valence-electron chi connectivity index (χ4n) is 3.99. The Hall–Kier alpha value is -2.82. The molecule has 36 heavy (non-hydrogen) atoms. The highest BCUT2D eigenvalue weighted by Crippen LogP contribution is 2.25. The monoisotopic (exact) mass is 524 g/mol. The highest BCUT2D eigenvalue weighted by molar-refractivity contribution is 6.35. The van der Waals surface area contributed by atoms with E-state index < -0.39 is 11.6 Å². The molecule has 0 radical (unpaired) electrons. The highest BCUT2D eigenvalue weighted by atomic mass is 35.5. The van der Waals surface area contributed by atoms with Crippen LogP contribution < -0.4 is 5.32 Å². The molecule has 0 aliphatic carbocycles. The van der Waals surface area contributed by atoms with Gasteiger partial charge in [0.1, 0.15) is 6.04 Å². The fourth-order valence-corrected chi connectivity index (χ4v) is 4.46. The minimum absolute atomic E-state index is 0.105. The molecule has 0 aliphatic heterocycles. The van der Waals surface area contributed by atoms with Crippen LogP contribution in [0.3, 0.4) is 0 Å². The molecule has 3 rings (SSSR count). The quantitative estimate of drug-likeness (QED) is 0.335. The summed E-state index contributed by atoms with van der Waals surface area (Å²) >= 11 is 12.6. The normalized spacial score (nSPS) is 12.2. The van der Waals surface area contributed by atoms with E-state index >= 15 is 0 Å². The van der Waals surface area contributed by atoms with Gasteiger partial charge in [-0.05, 0) is 62.9 Å². The van der Waals surface area contributed by atoms with Crippen LogP contribution in [0.1, 0.15) is 49.4 Å². The van der Waals surface area contributed by atoms with Crippen LogP contribution >= 0.6 is 23.2 Å². The van der Waals surface area contributed by atoms with E-state index in [4.69, 9.17) is 23.2 Å².